The third-order valence-corrected chi connectivity index (χ3v) is 5.07. The van der Waals surface area contributed by atoms with Crippen LogP contribution < -0.4 is 5.73 Å². The summed E-state index contributed by atoms with van der Waals surface area (Å²) in [5.41, 5.74) is 5.83. The maximum Gasteiger partial charge on any atom is 0.340 e. The lowest BCUT2D eigenvalue weighted by atomic mass is 9.70. The summed E-state index contributed by atoms with van der Waals surface area (Å²) in [6.07, 6.45) is 0.682. The molecular formula is C20H21ClFNO4. The van der Waals surface area contributed by atoms with E-state index in [9.17, 15) is 14.0 Å². The molecule has 1 atom stereocenters. The number of esters is 1. The molecule has 3 rings (SSSR count). The molecule has 0 aromatic heterocycles. The van der Waals surface area contributed by atoms with Crippen molar-refractivity contribution in [2.75, 3.05) is 6.61 Å². The van der Waals surface area contributed by atoms with Gasteiger partial charge in [0.15, 0.2) is 5.78 Å². The molecule has 27 heavy (non-hydrogen) atoms. The fourth-order valence-electron chi connectivity index (χ4n) is 3.67. The number of hydrogen-bond acceptors (Lipinski definition) is 5. The molecule has 1 aliphatic carbocycles. The van der Waals surface area contributed by atoms with Crippen LogP contribution in [-0.2, 0) is 19.1 Å². The molecule has 2 N–H and O–H groups in total. The van der Waals surface area contributed by atoms with E-state index in [2.05, 4.69) is 0 Å². The van der Waals surface area contributed by atoms with Crippen molar-refractivity contribution in [1.82, 2.24) is 0 Å². The quantitative estimate of drug-likeness (QED) is 0.786. The summed E-state index contributed by atoms with van der Waals surface area (Å²) < 4.78 is 25.5. The van der Waals surface area contributed by atoms with Crippen LogP contribution in [0.1, 0.15) is 45.1 Å². The number of Topliss-reactive ketones (excluding diaryl/α,β-unsaturated/α-hetero) is 1. The van der Waals surface area contributed by atoms with E-state index in [1.807, 2.05) is 13.8 Å². The molecule has 1 aromatic carbocycles. The number of ketones is 1. The highest BCUT2D eigenvalue weighted by Gasteiger charge is 2.46. The van der Waals surface area contributed by atoms with Crippen LogP contribution in [0.25, 0.3) is 0 Å². The van der Waals surface area contributed by atoms with Gasteiger partial charge in [-0.25, -0.2) is 9.18 Å². The molecule has 5 nitrogen and oxygen atoms in total. The zero-order valence-corrected chi connectivity index (χ0v) is 16.2. The van der Waals surface area contributed by atoms with Gasteiger partial charge in [-0.3, -0.25) is 4.79 Å². The first kappa shape index (κ1) is 19.4. The molecule has 0 saturated carbocycles. The fourth-order valence-corrected chi connectivity index (χ4v) is 3.94. The van der Waals surface area contributed by atoms with Gasteiger partial charge < -0.3 is 15.2 Å². The smallest absolute Gasteiger partial charge is 0.340 e. The summed E-state index contributed by atoms with van der Waals surface area (Å²) in [6.45, 7) is 5.61. The second-order valence-electron chi connectivity index (χ2n) is 7.45. The maximum absolute atomic E-state index is 14.7. The van der Waals surface area contributed by atoms with E-state index in [-0.39, 0.29) is 51.8 Å². The van der Waals surface area contributed by atoms with Gasteiger partial charge in [0.2, 0.25) is 5.88 Å². The number of ether oxygens (including phenoxy) is 2. The topological polar surface area (TPSA) is 78.6 Å². The van der Waals surface area contributed by atoms with Gasteiger partial charge in [0.25, 0.3) is 0 Å². The Morgan fingerprint density at radius 1 is 1.41 bits per heavy atom. The van der Waals surface area contributed by atoms with Crippen LogP contribution >= 0.6 is 11.6 Å². The Bertz CT molecular complexity index is 868. The normalized spacial score (nSPS) is 21.7. The van der Waals surface area contributed by atoms with Crippen molar-refractivity contribution in [3.8, 4) is 0 Å². The monoisotopic (exact) mass is 393 g/mol. The second-order valence-corrected chi connectivity index (χ2v) is 7.85. The molecule has 1 aromatic rings. The maximum atomic E-state index is 14.7. The van der Waals surface area contributed by atoms with Crippen LogP contribution in [0.2, 0.25) is 5.02 Å². The second kappa shape index (κ2) is 7.00. The number of allylic oxidation sites excluding steroid dienone is 2. The van der Waals surface area contributed by atoms with Gasteiger partial charge in [-0.15, -0.1) is 0 Å². The van der Waals surface area contributed by atoms with Crippen molar-refractivity contribution in [3.05, 3.63) is 57.4 Å². The lowest BCUT2D eigenvalue weighted by molar-refractivity contribution is -0.139. The molecule has 1 aliphatic heterocycles. The Hall–Kier alpha value is -2.34. The first-order valence-electron chi connectivity index (χ1n) is 8.71. The Balaban J connectivity index is 2.26. The Morgan fingerprint density at radius 2 is 2.11 bits per heavy atom. The summed E-state index contributed by atoms with van der Waals surface area (Å²) >= 11 is 6.26. The molecule has 0 bridgehead atoms. The number of rotatable bonds is 3. The molecule has 0 saturated heterocycles. The van der Waals surface area contributed by atoms with E-state index in [0.717, 1.165) is 0 Å². The fraction of sp³-hybridized carbons (Fsp3) is 0.400. The van der Waals surface area contributed by atoms with Crippen LogP contribution in [0.15, 0.2) is 41.0 Å². The molecular weight excluding hydrogens is 373 g/mol. The molecule has 1 heterocycles. The molecule has 144 valence electrons. The Labute approximate surface area is 162 Å². The van der Waals surface area contributed by atoms with Crippen LogP contribution in [0.3, 0.4) is 0 Å². The van der Waals surface area contributed by atoms with E-state index in [4.69, 9.17) is 26.8 Å². The highest BCUT2D eigenvalue weighted by Crippen LogP contribution is 2.49. The summed E-state index contributed by atoms with van der Waals surface area (Å²) in [4.78, 5) is 25.5. The molecule has 0 radical (unpaired) electrons. The Kier molecular flexibility index (Phi) is 5.04. The van der Waals surface area contributed by atoms with Crippen LogP contribution in [0.5, 0.6) is 0 Å². The predicted octanol–water partition coefficient (Wildman–Crippen LogP) is 3.97. The average Bonchev–Trinajstić information content (AvgIpc) is 2.52. The summed E-state index contributed by atoms with van der Waals surface area (Å²) in [5, 5.41) is 0.0981. The minimum Gasteiger partial charge on any atom is -0.462 e. The molecule has 0 amide bonds. The van der Waals surface area contributed by atoms with Crippen molar-refractivity contribution in [3.63, 3.8) is 0 Å². The zero-order valence-electron chi connectivity index (χ0n) is 15.4. The number of hydrogen-bond donors (Lipinski definition) is 1. The zero-order chi connectivity index (χ0) is 19.9. The van der Waals surface area contributed by atoms with Crippen molar-refractivity contribution in [2.45, 2.75) is 39.5 Å². The minimum atomic E-state index is -1.06. The van der Waals surface area contributed by atoms with Crippen LogP contribution in [0, 0.1) is 11.2 Å². The number of carbonyl (C=O) groups is 2. The first-order valence-corrected chi connectivity index (χ1v) is 9.09. The molecule has 1 unspecified atom stereocenters. The van der Waals surface area contributed by atoms with Gasteiger partial charge >= 0.3 is 5.97 Å². The molecule has 7 heteroatoms. The predicted molar refractivity (Wildman–Crippen MR) is 98.1 cm³/mol. The number of halogens is 2. The van der Waals surface area contributed by atoms with Crippen molar-refractivity contribution >= 4 is 23.4 Å². The van der Waals surface area contributed by atoms with Gasteiger partial charge in [-0.05, 0) is 24.5 Å². The highest BCUT2D eigenvalue weighted by atomic mass is 35.5. The molecule has 0 fully saturated rings. The molecule has 0 spiro atoms. The largest absolute Gasteiger partial charge is 0.462 e. The van der Waals surface area contributed by atoms with Crippen molar-refractivity contribution < 1.29 is 23.5 Å². The minimum absolute atomic E-state index is 0.0222. The van der Waals surface area contributed by atoms with E-state index in [1.165, 1.54) is 18.2 Å². The summed E-state index contributed by atoms with van der Waals surface area (Å²) in [5.74, 6) is -2.52. The lowest BCUT2D eigenvalue weighted by Crippen LogP contribution is -2.36. The van der Waals surface area contributed by atoms with Crippen LogP contribution in [0.4, 0.5) is 4.39 Å². The number of nitrogens with two attached hydrogens (primary N) is 1. The number of carbonyl (C=O) groups excluding carboxylic acids is 2. The first-order chi connectivity index (χ1) is 12.7. The van der Waals surface area contributed by atoms with Gasteiger partial charge in [-0.1, -0.05) is 31.5 Å². The Morgan fingerprint density at radius 3 is 2.74 bits per heavy atom. The van der Waals surface area contributed by atoms with Gasteiger partial charge in [0.05, 0.1) is 12.5 Å². The molecule has 2 aliphatic rings. The van der Waals surface area contributed by atoms with E-state index in [0.29, 0.717) is 12.2 Å². The SMILES string of the molecule is CCOC(=O)C1=C(N)OC2=C(C(=O)CC(C)(C)C2)C1c1c(F)cccc1Cl. The lowest BCUT2D eigenvalue weighted by Gasteiger charge is -2.38. The third-order valence-electron chi connectivity index (χ3n) is 4.74. The number of benzene rings is 1. The van der Waals surface area contributed by atoms with Gasteiger partial charge in [0, 0.05) is 29.0 Å². The van der Waals surface area contributed by atoms with Crippen molar-refractivity contribution in [2.24, 2.45) is 11.1 Å². The average molecular weight is 394 g/mol. The van der Waals surface area contributed by atoms with E-state index in [1.54, 1.807) is 6.92 Å². The van der Waals surface area contributed by atoms with Crippen molar-refractivity contribution in [1.29, 1.82) is 0 Å². The highest BCUT2D eigenvalue weighted by molar-refractivity contribution is 6.31. The summed E-state index contributed by atoms with van der Waals surface area (Å²) in [6, 6.07) is 4.19. The van der Waals surface area contributed by atoms with E-state index >= 15 is 0 Å². The van der Waals surface area contributed by atoms with Gasteiger partial charge in [0.1, 0.15) is 17.1 Å². The standard InChI is InChI=1S/C20H21ClFNO4/c1-4-26-19(25)17-16(14-10(21)6-5-7-11(14)22)15-12(24)8-20(2,3)9-13(15)27-18(17)23/h5-7,16H,4,8-9,23H2,1-3H3. The van der Waals surface area contributed by atoms with Crippen LogP contribution in [-0.4, -0.2) is 18.4 Å². The van der Waals surface area contributed by atoms with E-state index < -0.39 is 17.7 Å². The van der Waals surface area contributed by atoms with Gasteiger partial charge in [-0.2, -0.15) is 0 Å². The third kappa shape index (κ3) is 3.46. The summed E-state index contributed by atoms with van der Waals surface area (Å²) in [7, 11) is 0.